The molecule has 0 aliphatic carbocycles. The molecule has 1 aromatic rings. The van der Waals surface area contributed by atoms with E-state index in [1.54, 1.807) is 6.19 Å². The molecule has 0 saturated heterocycles. The second-order valence-corrected chi connectivity index (χ2v) is 3.18. The predicted molar refractivity (Wildman–Crippen MR) is 62.2 cm³/mol. The monoisotopic (exact) mass is 268 g/mol. The standard InChI is InChI=1S/C9H6F3N3S.Na/c10-9(11,12)6-2-1-3-7(4-6)15-8(16)14-5-13;/h1-4H,(H2,14,15,16);. The molecule has 0 aromatic heterocycles. The van der Waals surface area contributed by atoms with Crippen molar-refractivity contribution in [2.24, 2.45) is 0 Å². The average Bonchev–Trinajstić information content (AvgIpc) is 2.17. The zero-order valence-corrected chi connectivity index (χ0v) is 11.6. The summed E-state index contributed by atoms with van der Waals surface area (Å²) in [5.74, 6) is 0. The molecule has 0 aliphatic rings. The molecule has 0 atom stereocenters. The average molecular weight is 268 g/mol. The van der Waals surface area contributed by atoms with Gasteiger partial charge in [0.15, 0.2) is 11.3 Å². The maximum absolute atomic E-state index is 12.3. The molecule has 0 fully saturated rings. The van der Waals surface area contributed by atoms with Crippen molar-refractivity contribution >= 4 is 52.6 Å². The summed E-state index contributed by atoms with van der Waals surface area (Å²) in [6.07, 6.45) is -2.84. The molecule has 0 unspecified atom stereocenters. The minimum Gasteiger partial charge on any atom is -0.332 e. The fourth-order valence-electron chi connectivity index (χ4n) is 0.986. The number of hydrogen-bond donors (Lipinski definition) is 2. The Morgan fingerprint density at radius 1 is 1.35 bits per heavy atom. The van der Waals surface area contributed by atoms with E-state index in [0.717, 1.165) is 12.1 Å². The summed E-state index contributed by atoms with van der Waals surface area (Å²) in [6, 6.07) is 4.53. The fraction of sp³-hybridized carbons (Fsp3) is 0.111. The van der Waals surface area contributed by atoms with Gasteiger partial charge in [-0.3, -0.25) is 5.32 Å². The molecule has 17 heavy (non-hydrogen) atoms. The normalized spacial score (nSPS) is 9.76. The van der Waals surface area contributed by atoms with Gasteiger partial charge in [0.05, 0.1) is 5.56 Å². The number of anilines is 1. The molecule has 0 saturated carbocycles. The Kier molecular flexibility index (Phi) is 6.49. The zero-order valence-electron chi connectivity index (χ0n) is 8.80. The topological polar surface area (TPSA) is 47.9 Å². The Labute approximate surface area is 123 Å². The predicted octanol–water partition coefficient (Wildman–Crippen LogP) is 2.09. The molecule has 1 aromatic carbocycles. The van der Waals surface area contributed by atoms with Gasteiger partial charge in [-0.25, -0.2) is 0 Å². The first-order valence-corrected chi connectivity index (χ1v) is 4.47. The summed E-state index contributed by atoms with van der Waals surface area (Å²) in [5, 5.41) is 12.7. The van der Waals surface area contributed by atoms with Crippen molar-refractivity contribution < 1.29 is 13.2 Å². The molecule has 0 aliphatic heterocycles. The molecular weight excluding hydrogens is 262 g/mol. The first-order valence-electron chi connectivity index (χ1n) is 4.07. The van der Waals surface area contributed by atoms with Crippen LogP contribution in [0.25, 0.3) is 0 Å². The van der Waals surface area contributed by atoms with Crippen LogP contribution in [0.5, 0.6) is 0 Å². The van der Waals surface area contributed by atoms with E-state index in [1.807, 2.05) is 0 Å². The van der Waals surface area contributed by atoms with Crippen molar-refractivity contribution in [2.45, 2.75) is 6.18 Å². The van der Waals surface area contributed by atoms with Crippen LogP contribution in [0.3, 0.4) is 0 Å². The number of nitriles is 1. The molecule has 2 N–H and O–H groups in total. The van der Waals surface area contributed by atoms with E-state index in [-0.39, 0.29) is 40.4 Å². The third-order valence-electron chi connectivity index (χ3n) is 1.62. The fourth-order valence-corrected chi connectivity index (χ4v) is 1.15. The first kappa shape index (κ1) is 16.2. The van der Waals surface area contributed by atoms with E-state index in [0.29, 0.717) is 0 Å². The summed E-state index contributed by atoms with van der Waals surface area (Å²) in [7, 11) is 0. The van der Waals surface area contributed by atoms with Gasteiger partial charge in [0.1, 0.15) is 0 Å². The van der Waals surface area contributed by atoms with E-state index >= 15 is 0 Å². The number of rotatable bonds is 1. The number of nitrogens with one attached hydrogen (secondary N) is 2. The summed E-state index contributed by atoms with van der Waals surface area (Å²) < 4.78 is 37.0. The van der Waals surface area contributed by atoms with Crippen molar-refractivity contribution in [1.29, 1.82) is 5.26 Å². The second kappa shape index (κ2) is 6.81. The SMILES string of the molecule is N#CNC(=S)Nc1cccc(C(F)(F)F)c1.[Na]. The van der Waals surface area contributed by atoms with E-state index < -0.39 is 11.7 Å². The molecule has 1 radical (unpaired) electrons. The van der Waals surface area contributed by atoms with Crippen molar-refractivity contribution in [3.05, 3.63) is 29.8 Å². The molecule has 3 nitrogen and oxygen atoms in total. The Bertz CT molecular complexity index is 442. The van der Waals surface area contributed by atoms with Crippen LogP contribution in [0.2, 0.25) is 0 Å². The van der Waals surface area contributed by atoms with Gasteiger partial charge in [-0.15, -0.1) is 0 Å². The van der Waals surface area contributed by atoms with Crippen LogP contribution in [-0.2, 0) is 6.18 Å². The van der Waals surface area contributed by atoms with E-state index in [9.17, 15) is 13.2 Å². The number of alkyl halides is 3. The molecular formula is C9H6F3N3NaS. The van der Waals surface area contributed by atoms with Crippen LogP contribution >= 0.6 is 12.2 Å². The van der Waals surface area contributed by atoms with Crippen LogP contribution in [-0.4, -0.2) is 34.7 Å². The Hall–Kier alpha value is -0.810. The van der Waals surface area contributed by atoms with Gasteiger partial charge in [-0.2, -0.15) is 18.4 Å². The van der Waals surface area contributed by atoms with E-state index in [1.165, 1.54) is 12.1 Å². The molecule has 0 heterocycles. The summed E-state index contributed by atoms with van der Waals surface area (Å²) >= 11 is 4.65. The minimum atomic E-state index is -4.40. The van der Waals surface area contributed by atoms with Crippen molar-refractivity contribution in [3.63, 3.8) is 0 Å². The largest absolute Gasteiger partial charge is 0.416 e. The smallest absolute Gasteiger partial charge is 0.332 e. The maximum Gasteiger partial charge on any atom is 0.416 e. The first-order chi connectivity index (χ1) is 7.43. The van der Waals surface area contributed by atoms with Gasteiger partial charge < -0.3 is 5.32 Å². The Morgan fingerprint density at radius 2 is 2.00 bits per heavy atom. The zero-order chi connectivity index (χ0) is 12.2. The van der Waals surface area contributed by atoms with Gasteiger partial charge in [-0.05, 0) is 30.4 Å². The molecule has 0 bridgehead atoms. The molecule has 8 heteroatoms. The number of benzene rings is 1. The van der Waals surface area contributed by atoms with Crippen LogP contribution < -0.4 is 10.6 Å². The number of hydrogen-bond acceptors (Lipinski definition) is 2. The summed E-state index contributed by atoms with van der Waals surface area (Å²) in [6.45, 7) is 0. The third-order valence-corrected chi connectivity index (χ3v) is 1.82. The Balaban J connectivity index is 0.00000256. The van der Waals surface area contributed by atoms with E-state index in [2.05, 4.69) is 22.9 Å². The van der Waals surface area contributed by atoms with Gasteiger partial charge in [0.25, 0.3) is 0 Å². The van der Waals surface area contributed by atoms with Crippen LogP contribution in [0.4, 0.5) is 18.9 Å². The van der Waals surface area contributed by atoms with Gasteiger partial charge in [-0.1, -0.05) is 6.07 Å². The van der Waals surface area contributed by atoms with Crippen LogP contribution in [0, 0.1) is 11.5 Å². The molecule has 0 amide bonds. The molecule has 0 spiro atoms. The second-order valence-electron chi connectivity index (χ2n) is 2.77. The van der Waals surface area contributed by atoms with Crippen molar-refractivity contribution in [1.82, 2.24) is 5.32 Å². The Morgan fingerprint density at radius 3 is 2.53 bits per heavy atom. The molecule has 85 valence electrons. The van der Waals surface area contributed by atoms with Gasteiger partial charge >= 0.3 is 6.18 Å². The minimum absolute atomic E-state index is 0. The summed E-state index contributed by atoms with van der Waals surface area (Å²) in [5.41, 5.74) is -0.611. The van der Waals surface area contributed by atoms with Gasteiger partial charge in [0, 0.05) is 35.2 Å². The summed E-state index contributed by atoms with van der Waals surface area (Å²) in [4.78, 5) is 0. The molecule has 1 rings (SSSR count). The maximum atomic E-state index is 12.3. The van der Waals surface area contributed by atoms with E-state index in [4.69, 9.17) is 5.26 Å². The van der Waals surface area contributed by atoms with Crippen molar-refractivity contribution in [3.8, 4) is 6.19 Å². The van der Waals surface area contributed by atoms with Crippen LogP contribution in [0.15, 0.2) is 24.3 Å². The van der Waals surface area contributed by atoms with Gasteiger partial charge in [0.2, 0.25) is 0 Å². The number of halogens is 3. The number of thiocarbonyl (C=S) groups is 1. The quantitative estimate of drug-likeness (QED) is 0.354. The van der Waals surface area contributed by atoms with Crippen molar-refractivity contribution in [2.75, 3.05) is 5.32 Å². The number of nitrogens with zero attached hydrogens (tertiary/aromatic N) is 1. The van der Waals surface area contributed by atoms with Crippen LogP contribution in [0.1, 0.15) is 5.56 Å². The third kappa shape index (κ3) is 5.37.